The van der Waals surface area contributed by atoms with Gasteiger partial charge in [0.2, 0.25) is 0 Å². The van der Waals surface area contributed by atoms with Crippen LogP contribution in [0.3, 0.4) is 0 Å². The van der Waals surface area contributed by atoms with Crippen LogP contribution in [0.4, 0.5) is 11.4 Å². The van der Waals surface area contributed by atoms with Gasteiger partial charge in [-0.2, -0.15) is 0 Å². The van der Waals surface area contributed by atoms with Gasteiger partial charge in [-0.1, -0.05) is 24.3 Å². The number of aryl methyl sites for hydroxylation is 1. The smallest absolute Gasteiger partial charge is 0.339 e. The van der Waals surface area contributed by atoms with Gasteiger partial charge in [0.25, 0.3) is 0 Å². The molecular formula is C16H15NO2. The molecule has 2 aromatic carbocycles. The molecule has 1 heterocycles. The van der Waals surface area contributed by atoms with Gasteiger partial charge in [-0.3, -0.25) is 0 Å². The third-order valence-corrected chi connectivity index (χ3v) is 3.43. The molecule has 19 heavy (non-hydrogen) atoms. The second-order valence-electron chi connectivity index (χ2n) is 4.80. The molecule has 3 heteroatoms. The number of carbonyl (C=O) groups excluding carboxylic acids is 1. The van der Waals surface area contributed by atoms with Gasteiger partial charge in [-0.05, 0) is 35.7 Å². The molecule has 0 saturated heterocycles. The quantitative estimate of drug-likeness (QED) is 0.675. The zero-order valence-corrected chi connectivity index (χ0v) is 11.0. The number of para-hydroxylation sites is 1. The summed E-state index contributed by atoms with van der Waals surface area (Å²) in [6.07, 6.45) is 0.837. The van der Waals surface area contributed by atoms with E-state index in [-0.39, 0.29) is 5.97 Å². The minimum Gasteiger partial charge on any atom is -0.465 e. The van der Waals surface area contributed by atoms with Crippen molar-refractivity contribution in [2.24, 2.45) is 0 Å². The van der Waals surface area contributed by atoms with Crippen molar-refractivity contribution >= 4 is 17.3 Å². The molecule has 0 radical (unpaired) electrons. The van der Waals surface area contributed by atoms with Crippen LogP contribution in [-0.4, -0.2) is 13.1 Å². The summed E-state index contributed by atoms with van der Waals surface area (Å²) in [4.78, 5) is 11.9. The van der Waals surface area contributed by atoms with E-state index >= 15 is 0 Å². The molecule has 0 aliphatic carbocycles. The van der Waals surface area contributed by atoms with E-state index in [0.29, 0.717) is 5.56 Å². The molecule has 3 nitrogen and oxygen atoms in total. The summed E-state index contributed by atoms with van der Waals surface area (Å²) in [5.41, 5.74) is 5.99. The summed E-state index contributed by atoms with van der Waals surface area (Å²) in [6.45, 7) is 1.99. The number of esters is 1. The van der Waals surface area contributed by atoms with Gasteiger partial charge in [0.05, 0.1) is 18.4 Å². The van der Waals surface area contributed by atoms with Crippen LogP contribution in [-0.2, 0) is 11.2 Å². The van der Waals surface area contributed by atoms with Crippen LogP contribution < -0.4 is 5.32 Å². The fourth-order valence-corrected chi connectivity index (χ4v) is 2.56. The molecule has 0 unspecified atom stereocenters. The molecule has 2 aromatic rings. The number of hydrogen-bond donors (Lipinski definition) is 1. The van der Waals surface area contributed by atoms with Crippen molar-refractivity contribution in [1.29, 1.82) is 0 Å². The maximum Gasteiger partial charge on any atom is 0.339 e. The van der Waals surface area contributed by atoms with Crippen molar-refractivity contribution in [2.75, 3.05) is 12.4 Å². The van der Waals surface area contributed by atoms with E-state index in [4.69, 9.17) is 4.74 Å². The zero-order chi connectivity index (χ0) is 13.4. The Balaban J connectivity index is 2.14. The van der Waals surface area contributed by atoms with Crippen LogP contribution in [0.1, 0.15) is 27.0 Å². The van der Waals surface area contributed by atoms with Crippen LogP contribution in [0.25, 0.3) is 0 Å². The number of fused-ring (bicyclic) bond motifs is 2. The van der Waals surface area contributed by atoms with Gasteiger partial charge < -0.3 is 10.1 Å². The number of carbonyl (C=O) groups is 1. The Morgan fingerprint density at radius 2 is 2.00 bits per heavy atom. The van der Waals surface area contributed by atoms with Gasteiger partial charge in [-0.25, -0.2) is 4.79 Å². The first kappa shape index (κ1) is 11.8. The third kappa shape index (κ3) is 1.97. The molecule has 0 aromatic heterocycles. The van der Waals surface area contributed by atoms with Crippen LogP contribution in [0.5, 0.6) is 0 Å². The van der Waals surface area contributed by atoms with Gasteiger partial charge in [0.1, 0.15) is 0 Å². The Hall–Kier alpha value is -2.29. The van der Waals surface area contributed by atoms with Gasteiger partial charge >= 0.3 is 5.97 Å². The average Bonchev–Trinajstić information content (AvgIpc) is 2.43. The summed E-state index contributed by atoms with van der Waals surface area (Å²) in [5, 5.41) is 3.35. The second-order valence-corrected chi connectivity index (χ2v) is 4.80. The molecule has 1 N–H and O–H groups in total. The number of anilines is 2. The number of ether oxygens (including phenoxy) is 1. The Morgan fingerprint density at radius 3 is 2.79 bits per heavy atom. The normalized spacial score (nSPS) is 12.1. The lowest BCUT2D eigenvalue weighted by molar-refractivity contribution is 0.0601. The molecule has 0 atom stereocenters. The predicted molar refractivity (Wildman–Crippen MR) is 75.0 cm³/mol. The van der Waals surface area contributed by atoms with Crippen molar-refractivity contribution in [2.45, 2.75) is 13.3 Å². The average molecular weight is 253 g/mol. The standard InChI is InChI=1S/C16H15NO2/c1-10-7-12-9-11-5-3-4-6-14(11)17-15(12)13(8-10)16(18)19-2/h3-8,17H,9H2,1-2H3. The monoisotopic (exact) mass is 253 g/mol. The van der Waals surface area contributed by atoms with E-state index in [1.807, 2.05) is 31.2 Å². The zero-order valence-electron chi connectivity index (χ0n) is 11.0. The van der Waals surface area contributed by atoms with Crippen molar-refractivity contribution < 1.29 is 9.53 Å². The first-order valence-corrected chi connectivity index (χ1v) is 6.26. The highest BCUT2D eigenvalue weighted by molar-refractivity contribution is 5.98. The number of nitrogens with one attached hydrogen (secondary N) is 1. The lowest BCUT2D eigenvalue weighted by atomic mass is 9.93. The second kappa shape index (κ2) is 4.43. The first-order valence-electron chi connectivity index (χ1n) is 6.26. The molecule has 0 bridgehead atoms. The Labute approximate surface area is 112 Å². The van der Waals surface area contributed by atoms with E-state index in [1.54, 1.807) is 0 Å². The third-order valence-electron chi connectivity index (χ3n) is 3.43. The lowest BCUT2D eigenvalue weighted by Crippen LogP contribution is -2.13. The maximum absolute atomic E-state index is 11.9. The molecule has 1 aliphatic rings. The fourth-order valence-electron chi connectivity index (χ4n) is 2.56. The van der Waals surface area contributed by atoms with E-state index in [1.165, 1.54) is 12.7 Å². The van der Waals surface area contributed by atoms with Gasteiger partial charge in [-0.15, -0.1) is 0 Å². The van der Waals surface area contributed by atoms with Gasteiger partial charge in [0, 0.05) is 12.1 Å². The van der Waals surface area contributed by atoms with Crippen LogP contribution in [0.15, 0.2) is 36.4 Å². The largest absolute Gasteiger partial charge is 0.465 e. The SMILES string of the molecule is COC(=O)c1cc(C)cc2c1Nc1ccccc1C2. The summed E-state index contributed by atoms with van der Waals surface area (Å²) in [7, 11) is 1.41. The highest BCUT2D eigenvalue weighted by Gasteiger charge is 2.21. The Kier molecular flexibility index (Phi) is 2.75. The minimum atomic E-state index is -0.299. The number of rotatable bonds is 1. The Bertz CT molecular complexity index is 662. The summed E-state index contributed by atoms with van der Waals surface area (Å²) in [5.74, 6) is -0.299. The number of hydrogen-bond acceptors (Lipinski definition) is 3. The number of methoxy groups -OCH3 is 1. The lowest BCUT2D eigenvalue weighted by Gasteiger charge is -2.23. The predicted octanol–water partition coefficient (Wildman–Crippen LogP) is 3.43. The van der Waals surface area contributed by atoms with Crippen molar-refractivity contribution in [3.8, 4) is 0 Å². The topological polar surface area (TPSA) is 38.3 Å². The van der Waals surface area contributed by atoms with Crippen molar-refractivity contribution in [1.82, 2.24) is 0 Å². The minimum absolute atomic E-state index is 0.299. The maximum atomic E-state index is 11.9. The van der Waals surface area contributed by atoms with E-state index < -0.39 is 0 Å². The molecule has 1 aliphatic heterocycles. The molecule has 0 fully saturated rings. The summed E-state index contributed by atoms with van der Waals surface area (Å²) < 4.78 is 4.87. The number of benzene rings is 2. The van der Waals surface area contributed by atoms with Crippen LogP contribution >= 0.6 is 0 Å². The molecule has 0 amide bonds. The van der Waals surface area contributed by atoms with E-state index in [0.717, 1.165) is 28.9 Å². The first-order chi connectivity index (χ1) is 9.19. The van der Waals surface area contributed by atoms with Crippen molar-refractivity contribution in [3.05, 3.63) is 58.7 Å². The Morgan fingerprint density at radius 1 is 1.21 bits per heavy atom. The molecule has 96 valence electrons. The van der Waals surface area contributed by atoms with Crippen molar-refractivity contribution in [3.63, 3.8) is 0 Å². The summed E-state index contributed by atoms with van der Waals surface area (Å²) >= 11 is 0. The van der Waals surface area contributed by atoms with Crippen LogP contribution in [0.2, 0.25) is 0 Å². The molecular weight excluding hydrogens is 238 g/mol. The molecule has 3 rings (SSSR count). The van der Waals surface area contributed by atoms with E-state index in [2.05, 4.69) is 17.4 Å². The summed E-state index contributed by atoms with van der Waals surface area (Å²) in [6, 6.07) is 12.1. The molecule has 0 saturated carbocycles. The highest BCUT2D eigenvalue weighted by Crippen LogP contribution is 2.35. The fraction of sp³-hybridized carbons (Fsp3) is 0.188. The van der Waals surface area contributed by atoms with E-state index in [9.17, 15) is 4.79 Å². The highest BCUT2D eigenvalue weighted by atomic mass is 16.5. The van der Waals surface area contributed by atoms with Crippen LogP contribution in [0, 0.1) is 6.92 Å². The molecule has 0 spiro atoms. The van der Waals surface area contributed by atoms with Gasteiger partial charge in [0.15, 0.2) is 0 Å².